The molecular weight excluding hydrogens is 413 g/mol. The highest BCUT2D eigenvalue weighted by Gasteiger charge is 2.35. The highest BCUT2D eigenvalue weighted by atomic mass is 32.1. The van der Waals surface area contributed by atoms with E-state index in [1.165, 1.54) is 24.3 Å². The van der Waals surface area contributed by atoms with Crippen molar-refractivity contribution >= 4 is 40.9 Å². The summed E-state index contributed by atoms with van der Waals surface area (Å²) >= 11 is 5.14. The van der Waals surface area contributed by atoms with Crippen LogP contribution >= 0.6 is 12.2 Å². The van der Waals surface area contributed by atoms with Gasteiger partial charge in [0, 0.05) is 17.1 Å². The van der Waals surface area contributed by atoms with E-state index < -0.39 is 17.6 Å². The fourth-order valence-corrected chi connectivity index (χ4v) is 3.96. The third-order valence-corrected chi connectivity index (χ3v) is 5.54. The Kier molecular flexibility index (Phi) is 5.29. The fraction of sp³-hybridized carbons (Fsp3) is 0.125. The van der Waals surface area contributed by atoms with Gasteiger partial charge in [0.05, 0.1) is 5.69 Å². The number of carbonyl (C=O) groups excluding carboxylic acids is 2. The van der Waals surface area contributed by atoms with Crippen LogP contribution in [0.4, 0.5) is 10.1 Å². The molecule has 0 atom stereocenters. The molecule has 2 amide bonds. The van der Waals surface area contributed by atoms with Gasteiger partial charge in [-0.1, -0.05) is 29.8 Å². The number of nitrogens with zero attached hydrogens (tertiary/aromatic N) is 2. The van der Waals surface area contributed by atoms with Gasteiger partial charge in [0.2, 0.25) is 0 Å². The van der Waals surface area contributed by atoms with Crippen molar-refractivity contribution < 1.29 is 14.0 Å². The van der Waals surface area contributed by atoms with E-state index >= 15 is 0 Å². The minimum absolute atomic E-state index is 0.00599. The smallest absolute Gasteiger partial charge is 0.270 e. The van der Waals surface area contributed by atoms with Gasteiger partial charge in [0.1, 0.15) is 11.4 Å². The number of rotatable bonds is 3. The lowest BCUT2D eigenvalue weighted by Gasteiger charge is -2.29. The van der Waals surface area contributed by atoms with Gasteiger partial charge in [0.25, 0.3) is 11.8 Å². The zero-order valence-electron chi connectivity index (χ0n) is 17.3. The van der Waals surface area contributed by atoms with Gasteiger partial charge in [-0.2, -0.15) is 0 Å². The zero-order chi connectivity index (χ0) is 22.3. The minimum Gasteiger partial charge on any atom is -0.318 e. The van der Waals surface area contributed by atoms with Crippen LogP contribution in [0.15, 0.2) is 60.2 Å². The van der Waals surface area contributed by atoms with E-state index in [-0.39, 0.29) is 16.4 Å². The molecule has 3 aromatic rings. The Morgan fingerprint density at radius 3 is 2.35 bits per heavy atom. The fourth-order valence-electron chi connectivity index (χ4n) is 3.69. The van der Waals surface area contributed by atoms with E-state index in [1.807, 2.05) is 51.1 Å². The molecule has 7 heteroatoms. The third-order valence-electron chi connectivity index (χ3n) is 5.26. The number of amides is 2. The van der Waals surface area contributed by atoms with Crippen molar-refractivity contribution in [3.63, 3.8) is 0 Å². The first-order valence-corrected chi connectivity index (χ1v) is 10.1. The minimum atomic E-state index is -0.668. The summed E-state index contributed by atoms with van der Waals surface area (Å²) in [5.41, 5.74) is 4.58. The summed E-state index contributed by atoms with van der Waals surface area (Å²) in [5, 5.41) is 2.34. The first-order valence-electron chi connectivity index (χ1n) is 9.70. The number of carbonyl (C=O) groups is 2. The van der Waals surface area contributed by atoms with Crippen molar-refractivity contribution in [2.24, 2.45) is 0 Å². The Morgan fingerprint density at radius 2 is 1.68 bits per heavy atom. The molecule has 1 aliphatic rings. The highest BCUT2D eigenvalue weighted by Crippen LogP contribution is 2.27. The van der Waals surface area contributed by atoms with Gasteiger partial charge in [0.15, 0.2) is 5.11 Å². The number of aromatic nitrogens is 1. The predicted octanol–water partition coefficient (Wildman–Crippen LogP) is 4.37. The summed E-state index contributed by atoms with van der Waals surface area (Å²) in [6, 6.07) is 15.8. The van der Waals surface area contributed by atoms with Crippen molar-refractivity contribution in [1.29, 1.82) is 0 Å². The number of hydrogen-bond donors (Lipinski definition) is 1. The molecule has 0 spiro atoms. The van der Waals surface area contributed by atoms with E-state index in [0.717, 1.165) is 33.1 Å². The number of halogens is 1. The Morgan fingerprint density at radius 1 is 1.00 bits per heavy atom. The maximum absolute atomic E-state index is 14.3. The molecule has 1 aromatic heterocycles. The second-order valence-electron chi connectivity index (χ2n) is 7.41. The number of para-hydroxylation sites is 1. The van der Waals surface area contributed by atoms with E-state index in [1.54, 1.807) is 6.07 Å². The molecule has 2 aromatic carbocycles. The van der Waals surface area contributed by atoms with Gasteiger partial charge in [-0.15, -0.1) is 0 Å². The van der Waals surface area contributed by atoms with Crippen LogP contribution in [0.2, 0.25) is 0 Å². The largest absolute Gasteiger partial charge is 0.318 e. The van der Waals surface area contributed by atoms with Crippen LogP contribution in [-0.2, 0) is 9.59 Å². The monoisotopic (exact) mass is 433 g/mol. The van der Waals surface area contributed by atoms with Crippen molar-refractivity contribution in [1.82, 2.24) is 9.88 Å². The molecule has 0 bridgehead atoms. The summed E-state index contributed by atoms with van der Waals surface area (Å²) in [7, 11) is 0. The van der Waals surface area contributed by atoms with Crippen LogP contribution in [0, 0.1) is 26.6 Å². The third kappa shape index (κ3) is 3.68. The molecule has 2 heterocycles. The summed E-state index contributed by atoms with van der Waals surface area (Å²) in [4.78, 5) is 26.7. The number of aryl methyl sites for hydroxylation is 2. The topological polar surface area (TPSA) is 54.3 Å². The molecular formula is C24H20FN3O2S. The molecule has 1 N–H and O–H groups in total. The quantitative estimate of drug-likeness (QED) is 0.379. The summed E-state index contributed by atoms with van der Waals surface area (Å²) in [5.74, 6) is -1.88. The second-order valence-corrected chi connectivity index (χ2v) is 7.79. The van der Waals surface area contributed by atoms with Crippen molar-refractivity contribution in [2.75, 3.05) is 4.90 Å². The van der Waals surface area contributed by atoms with Crippen LogP contribution in [0.3, 0.4) is 0 Å². The first kappa shape index (κ1) is 20.7. The number of hydrogen-bond acceptors (Lipinski definition) is 3. The molecule has 0 aliphatic carbocycles. The molecule has 5 nitrogen and oxygen atoms in total. The van der Waals surface area contributed by atoms with Crippen molar-refractivity contribution in [3.8, 4) is 5.69 Å². The summed E-state index contributed by atoms with van der Waals surface area (Å²) in [6.45, 7) is 5.90. The molecule has 0 unspecified atom stereocenters. The van der Waals surface area contributed by atoms with Crippen LogP contribution in [-0.4, -0.2) is 21.5 Å². The SMILES string of the molecule is Cc1ccc(-n2c(C)cc(/C=C3/C(=O)NC(=S)N(c4ccccc4F)C3=O)c2C)cc1. The Hall–Kier alpha value is -3.58. The highest BCUT2D eigenvalue weighted by molar-refractivity contribution is 7.80. The lowest BCUT2D eigenvalue weighted by molar-refractivity contribution is -0.122. The van der Waals surface area contributed by atoms with Crippen molar-refractivity contribution in [2.45, 2.75) is 20.8 Å². The molecule has 0 saturated carbocycles. The van der Waals surface area contributed by atoms with Gasteiger partial charge >= 0.3 is 0 Å². The molecule has 31 heavy (non-hydrogen) atoms. The molecule has 156 valence electrons. The molecule has 4 rings (SSSR count). The van der Waals surface area contributed by atoms with Crippen LogP contribution < -0.4 is 10.2 Å². The van der Waals surface area contributed by atoms with Crippen LogP contribution in [0.25, 0.3) is 11.8 Å². The van der Waals surface area contributed by atoms with Gasteiger partial charge < -0.3 is 4.57 Å². The Labute approximate surface area is 184 Å². The first-order chi connectivity index (χ1) is 14.8. The average molecular weight is 434 g/mol. The van der Waals surface area contributed by atoms with E-state index in [9.17, 15) is 14.0 Å². The lowest BCUT2D eigenvalue weighted by atomic mass is 10.1. The Bertz CT molecular complexity index is 1260. The normalized spacial score (nSPS) is 15.5. The van der Waals surface area contributed by atoms with Crippen LogP contribution in [0.5, 0.6) is 0 Å². The number of anilines is 1. The molecule has 1 fully saturated rings. The lowest BCUT2D eigenvalue weighted by Crippen LogP contribution is -2.54. The van der Waals surface area contributed by atoms with Gasteiger partial charge in [-0.25, -0.2) is 9.29 Å². The maximum atomic E-state index is 14.3. The summed E-state index contributed by atoms with van der Waals surface area (Å²) in [6.07, 6.45) is 1.53. The maximum Gasteiger partial charge on any atom is 0.270 e. The number of nitrogens with one attached hydrogen (secondary N) is 1. The van der Waals surface area contributed by atoms with E-state index in [0.29, 0.717) is 0 Å². The van der Waals surface area contributed by atoms with E-state index in [4.69, 9.17) is 12.2 Å². The molecule has 0 radical (unpaired) electrons. The summed E-state index contributed by atoms with van der Waals surface area (Å²) < 4.78 is 16.4. The predicted molar refractivity (Wildman–Crippen MR) is 123 cm³/mol. The number of thiocarbonyl (C=S) groups is 1. The average Bonchev–Trinajstić information content (AvgIpc) is 3.00. The standard InChI is InChI=1S/C24H20FN3O2S/c1-14-8-10-18(11-9-14)27-15(2)12-17(16(27)3)13-19-22(29)26-24(31)28(23(19)30)21-7-5-4-6-20(21)25/h4-13H,1-3H3,(H,26,29,31)/b19-13-. The zero-order valence-corrected chi connectivity index (χ0v) is 18.1. The second kappa shape index (κ2) is 7.92. The Balaban J connectivity index is 1.77. The molecule has 1 saturated heterocycles. The van der Waals surface area contributed by atoms with Crippen molar-refractivity contribution in [3.05, 3.63) is 88.5 Å². The number of benzene rings is 2. The molecule has 1 aliphatic heterocycles. The van der Waals surface area contributed by atoms with Gasteiger partial charge in [-0.3, -0.25) is 14.9 Å². The van der Waals surface area contributed by atoms with Gasteiger partial charge in [-0.05, 0) is 75.0 Å². The van der Waals surface area contributed by atoms with Crippen LogP contribution in [0.1, 0.15) is 22.5 Å². The van der Waals surface area contributed by atoms with E-state index in [2.05, 4.69) is 9.88 Å².